The molecule has 1 saturated heterocycles. The van der Waals surface area contributed by atoms with E-state index in [0.717, 1.165) is 21.3 Å². The van der Waals surface area contributed by atoms with Crippen molar-refractivity contribution in [3.8, 4) is 0 Å². The van der Waals surface area contributed by atoms with Gasteiger partial charge in [-0.15, -0.1) is 11.3 Å². The first kappa shape index (κ1) is 23.1. The summed E-state index contributed by atoms with van der Waals surface area (Å²) in [4.78, 5) is 24.7. The number of carbonyl (C=O) groups excluding carboxylic acids is 1. The molecule has 0 unspecified atom stereocenters. The minimum atomic E-state index is -3.74. The molecule has 34 heavy (non-hydrogen) atoms. The lowest BCUT2D eigenvalue weighted by Gasteiger charge is -2.28. The van der Waals surface area contributed by atoms with Gasteiger partial charge in [-0.1, -0.05) is 23.5 Å². The number of hydrogen-bond acceptors (Lipinski definition) is 7. The summed E-state index contributed by atoms with van der Waals surface area (Å²) in [5.74, 6) is -0.268. The Labute approximate surface area is 206 Å². The van der Waals surface area contributed by atoms with E-state index in [1.54, 1.807) is 28.6 Å². The summed E-state index contributed by atoms with van der Waals surface area (Å²) >= 11 is 2.61. The molecule has 1 atom stereocenters. The van der Waals surface area contributed by atoms with Crippen molar-refractivity contribution in [2.24, 2.45) is 0 Å². The normalized spacial score (nSPS) is 16.8. The van der Waals surface area contributed by atoms with Crippen molar-refractivity contribution in [1.29, 1.82) is 0 Å². The Morgan fingerprint density at radius 3 is 2.74 bits per heavy atom. The average Bonchev–Trinajstić information content (AvgIpc) is 3.59. The Balaban J connectivity index is 1.54. The van der Waals surface area contributed by atoms with Gasteiger partial charge in [0.15, 0.2) is 5.13 Å². The second-order valence-corrected chi connectivity index (χ2v) is 12.4. The first-order chi connectivity index (χ1) is 16.3. The maximum Gasteiger partial charge on any atom is 0.253 e. The molecule has 176 valence electrons. The quantitative estimate of drug-likeness (QED) is 0.372. The van der Waals surface area contributed by atoms with E-state index in [1.807, 2.05) is 31.2 Å². The zero-order valence-electron chi connectivity index (χ0n) is 18.8. The van der Waals surface area contributed by atoms with E-state index in [2.05, 4.69) is 18.0 Å². The van der Waals surface area contributed by atoms with Crippen molar-refractivity contribution in [3.05, 3.63) is 70.9 Å². The van der Waals surface area contributed by atoms with Crippen molar-refractivity contribution < 1.29 is 13.2 Å². The molecule has 5 rings (SSSR count). The molecule has 0 spiro atoms. The number of aromatic nitrogens is 2. The minimum Gasteiger partial charge on any atom is -0.281 e. The Kier molecular flexibility index (Phi) is 6.24. The van der Waals surface area contributed by atoms with Crippen LogP contribution in [0.5, 0.6) is 0 Å². The van der Waals surface area contributed by atoms with Crippen LogP contribution < -0.4 is 4.90 Å². The third-order valence-corrected chi connectivity index (χ3v) is 10.4. The lowest BCUT2D eigenvalue weighted by atomic mass is 10.1. The van der Waals surface area contributed by atoms with Crippen molar-refractivity contribution in [2.75, 3.05) is 11.4 Å². The maximum atomic E-state index is 13.9. The monoisotopic (exact) mass is 512 g/mol. The maximum absolute atomic E-state index is 13.9. The van der Waals surface area contributed by atoms with Crippen LogP contribution in [-0.2, 0) is 21.4 Å². The second kappa shape index (κ2) is 9.18. The predicted molar refractivity (Wildman–Crippen MR) is 136 cm³/mol. The minimum absolute atomic E-state index is 0.223. The predicted octanol–water partition coefficient (Wildman–Crippen LogP) is 4.76. The number of anilines is 1. The summed E-state index contributed by atoms with van der Waals surface area (Å²) in [5.41, 5.74) is 3.84. The Morgan fingerprint density at radius 2 is 2.00 bits per heavy atom. The van der Waals surface area contributed by atoms with E-state index in [-0.39, 0.29) is 16.7 Å². The Hall–Kier alpha value is -2.66. The van der Waals surface area contributed by atoms with Crippen LogP contribution in [0.2, 0.25) is 0 Å². The fourth-order valence-corrected chi connectivity index (χ4v) is 7.98. The number of pyridine rings is 1. The van der Waals surface area contributed by atoms with Crippen LogP contribution in [0.4, 0.5) is 5.13 Å². The number of thiazole rings is 1. The largest absolute Gasteiger partial charge is 0.281 e. The van der Waals surface area contributed by atoms with Gasteiger partial charge in [0.25, 0.3) is 10.0 Å². The highest BCUT2D eigenvalue weighted by atomic mass is 32.2. The standard InChI is InChI=1S/C24H24N4O3S3/c1-16-13-19-21(14-17(16)2)33-24(26-19)27(15-18-7-3-4-10-25-18)23(29)20-8-5-11-28(20)34(30,31)22-9-6-12-32-22/h3-4,6-7,9-10,12-14,20H,5,8,11,15H2,1-2H3/t20-/m1/s1. The summed E-state index contributed by atoms with van der Waals surface area (Å²) in [6.45, 7) is 4.64. The zero-order valence-corrected chi connectivity index (χ0v) is 21.3. The average molecular weight is 513 g/mol. The molecular weight excluding hydrogens is 488 g/mol. The van der Waals surface area contributed by atoms with Gasteiger partial charge < -0.3 is 0 Å². The molecule has 1 amide bonds. The number of benzene rings is 1. The molecule has 0 aliphatic carbocycles. The fourth-order valence-electron chi connectivity index (χ4n) is 4.16. The van der Waals surface area contributed by atoms with Crippen molar-refractivity contribution in [1.82, 2.24) is 14.3 Å². The van der Waals surface area contributed by atoms with Gasteiger partial charge in [-0.2, -0.15) is 4.31 Å². The molecule has 1 aliphatic heterocycles. The molecule has 0 N–H and O–H groups in total. The Bertz CT molecular complexity index is 1390. The van der Waals surface area contributed by atoms with Gasteiger partial charge in [0.05, 0.1) is 22.5 Å². The van der Waals surface area contributed by atoms with Crippen molar-refractivity contribution in [2.45, 2.75) is 43.5 Å². The van der Waals surface area contributed by atoms with Gasteiger partial charge in [-0.3, -0.25) is 14.7 Å². The van der Waals surface area contributed by atoms with E-state index in [9.17, 15) is 13.2 Å². The van der Waals surface area contributed by atoms with Gasteiger partial charge in [-0.05, 0) is 73.5 Å². The van der Waals surface area contributed by atoms with E-state index >= 15 is 0 Å². The highest BCUT2D eigenvalue weighted by molar-refractivity contribution is 7.91. The lowest BCUT2D eigenvalue weighted by Crippen LogP contribution is -2.47. The van der Waals surface area contributed by atoms with Gasteiger partial charge in [0, 0.05) is 12.7 Å². The van der Waals surface area contributed by atoms with Crippen molar-refractivity contribution in [3.63, 3.8) is 0 Å². The van der Waals surface area contributed by atoms with E-state index in [4.69, 9.17) is 4.98 Å². The molecule has 1 aliphatic rings. The van der Waals surface area contributed by atoms with Crippen LogP contribution >= 0.6 is 22.7 Å². The number of aryl methyl sites for hydroxylation is 2. The molecule has 0 radical (unpaired) electrons. The molecule has 3 aromatic heterocycles. The van der Waals surface area contributed by atoms with Gasteiger partial charge in [-0.25, -0.2) is 13.4 Å². The number of nitrogens with zero attached hydrogens (tertiary/aromatic N) is 4. The summed E-state index contributed by atoms with van der Waals surface area (Å²) < 4.78 is 29.2. The number of sulfonamides is 1. The van der Waals surface area contributed by atoms with Crippen LogP contribution in [-0.4, -0.2) is 41.2 Å². The van der Waals surface area contributed by atoms with Crippen LogP contribution in [0.3, 0.4) is 0 Å². The molecule has 7 nitrogen and oxygen atoms in total. The van der Waals surface area contributed by atoms with E-state index in [1.165, 1.54) is 27.0 Å². The molecular formula is C24H24N4O3S3. The lowest BCUT2D eigenvalue weighted by molar-refractivity contribution is -0.121. The third kappa shape index (κ3) is 4.26. The number of carbonyl (C=O) groups is 1. The molecule has 1 aromatic carbocycles. The topological polar surface area (TPSA) is 83.5 Å². The van der Waals surface area contributed by atoms with Crippen molar-refractivity contribution >= 4 is 54.0 Å². The van der Waals surface area contributed by atoms with Gasteiger partial charge >= 0.3 is 0 Å². The summed E-state index contributed by atoms with van der Waals surface area (Å²) in [6, 6.07) is 12.2. The SMILES string of the molecule is Cc1cc2nc(N(Cc3ccccn3)C(=O)[C@H]3CCCN3S(=O)(=O)c3cccs3)sc2cc1C. The Morgan fingerprint density at radius 1 is 1.18 bits per heavy atom. The molecule has 4 heterocycles. The first-order valence-electron chi connectivity index (χ1n) is 11.0. The third-order valence-electron chi connectivity index (χ3n) is 6.08. The fraction of sp³-hybridized carbons (Fsp3) is 0.292. The van der Waals surface area contributed by atoms with E-state index in [0.29, 0.717) is 30.2 Å². The van der Waals surface area contributed by atoms with Crippen LogP contribution in [0.1, 0.15) is 29.7 Å². The molecule has 1 fully saturated rings. The van der Waals surface area contributed by atoms with Gasteiger partial charge in [0.2, 0.25) is 5.91 Å². The number of rotatable bonds is 6. The molecule has 4 aromatic rings. The summed E-state index contributed by atoms with van der Waals surface area (Å²) in [5, 5.41) is 2.29. The number of hydrogen-bond donors (Lipinski definition) is 0. The zero-order chi connectivity index (χ0) is 23.9. The number of amides is 1. The number of fused-ring (bicyclic) bond motifs is 1. The smallest absolute Gasteiger partial charge is 0.253 e. The first-order valence-corrected chi connectivity index (χ1v) is 14.1. The number of thiophene rings is 1. The van der Waals surface area contributed by atoms with Gasteiger partial charge in [0.1, 0.15) is 10.3 Å². The molecule has 0 saturated carbocycles. The molecule has 0 bridgehead atoms. The highest BCUT2D eigenvalue weighted by Crippen LogP contribution is 2.35. The van der Waals surface area contributed by atoms with E-state index < -0.39 is 16.1 Å². The highest BCUT2D eigenvalue weighted by Gasteiger charge is 2.42. The van der Waals surface area contributed by atoms with Crippen LogP contribution in [0.25, 0.3) is 10.2 Å². The second-order valence-electron chi connectivity index (χ2n) is 8.35. The van der Waals surface area contributed by atoms with Crippen LogP contribution in [0, 0.1) is 13.8 Å². The van der Waals surface area contributed by atoms with Crippen LogP contribution in [0.15, 0.2) is 58.3 Å². The molecule has 10 heteroatoms. The summed E-state index contributed by atoms with van der Waals surface area (Å²) in [6.07, 6.45) is 2.80. The summed E-state index contributed by atoms with van der Waals surface area (Å²) in [7, 11) is -3.74.